The Morgan fingerprint density at radius 2 is 1.81 bits per heavy atom. The number of aromatic nitrogens is 4. The number of halogens is 3. The van der Waals surface area contributed by atoms with Gasteiger partial charge in [-0.3, -0.25) is 5.10 Å². The maximum absolute atomic E-state index is 10.6. The zero-order chi connectivity index (χ0) is 20.0. The Morgan fingerprint density at radius 3 is 2.33 bits per heavy atom. The number of anilines is 3. The molecule has 27 heavy (non-hydrogen) atoms. The molecule has 0 aliphatic carbocycles. The summed E-state index contributed by atoms with van der Waals surface area (Å²) in [6.07, 6.45) is -5.08. The molecule has 0 aromatic carbocycles. The monoisotopic (exact) mass is 387 g/mol. The van der Waals surface area contributed by atoms with E-state index in [1.807, 2.05) is 26.0 Å². The molecular weight excluding hydrogens is 367 g/mol. The Hall–Kier alpha value is -2.89. The third kappa shape index (κ3) is 6.40. The fraction of sp³-hybridized carbons (Fsp3) is 0.467. The van der Waals surface area contributed by atoms with Crippen LogP contribution in [-0.4, -0.2) is 63.6 Å². The van der Waals surface area contributed by atoms with Crippen LogP contribution in [0, 0.1) is 13.8 Å². The van der Waals surface area contributed by atoms with E-state index in [-0.39, 0.29) is 0 Å². The molecule has 0 atom stereocenters. The summed E-state index contributed by atoms with van der Waals surface area (Å²) in [5.41, 5.74) is 1.96. The van der Waals surface area contributed by atoms with Gasteiger partial charge in [0, 0.05) is 49.7 Å². The fourth-order valence-electron chi connectivity index (χ4n) is 2.24. The molecule has 0 bridgehead atoms. The minimum atomic E-state index is -5.08. The first-order valence-corrected chi connectivity index (χ1v) is 8.05. The van der Waals surface area contributed by atoms with Gasteiger partial charge < -0.3 is 20.6 Å². The van der Waals surface area contributed by atoms with E-state index >= 15 is 0 Å². The lowest BCUT2D eigenvalue weighted by Gasteiger charge is -2.27. The molecule has 2 aromatic heterocycles. The number of nitrogens with zero attached hydrogens (tertiary/aromatic N) is 4. The number of aryl methyl sites for hydroxylation is 2. The summed E-state index contributed by atoms with van der Waals surface area (Å²) in [6.45, 7) is 7.76. The average molecular weight is 387 g/mol. The first-order chi connectivity index (χ1) is 12.6. The van der Waals surface area contributed by atoms with Crippen LogP contribution in [0.4, 0.5) is 30.8 Å². The van der Waals surface area contributed by atoms with Crippen molar-refractivity contribution in [3.63, 3.8) is 0 Å². The zero-order valence-electron chi connectivity index (χ0n) is 14.8. The van der Waals surface area contributed by atoms with Gasteiger partial charge in [0.15, 0.2) is 5.82 Å². The van der Waals surface area contributed by atoms with Crippen molar-refractivity contribution in [1.82, 2.24) is 25.5 Å². The van der Waals surface area contributed by atoms with Crippen molar-refractivity contribution in [3.8, 4) is 0 Å². The topological polar surface area (TPSA) is 119 Å². The summed E-state index contributed by atoms with van der Waals surface area (Å²) >= 11 is 0. The predicted octanol–water partition coefficient (Wildman–Crippen LogP) is 1.60. The SMILES string of the molecule is Cc1cc(Nc2cc(C)[nH]n2)nc(N2CCNCC2)n1.O=C(O)C(F)(F)F. The normalized spacial score (nSPS) is 14.3. The van der Waals surface area contributed by atoms with Crippen LogP contribution in [0.15, 0.2) is 12.1 Å². The molecule has 12 heteroatoms. The Morgan fingerprint density at radius 1 is 1.19 bits per heavy atom. The van der Waals surface area contributed by atoms with E-state index < -0.39 is 12.1 Å². The zero-order valence-corrected chi connectivity index (χ0v) is 14.8. The first-order valence-electron chi connectivity index (χ1n) is 8.05. The molecule has 0 amide bonds. The number of nitrogens with one attached hydrogen (secondary N) is 3. The van der Waals surface area contributed by atoms with Gasteiger partial charge in [-0.25, -0.2) is 9.78 Å². The van der Waals surface area contributed by atoms with E-state index in [0.29, 0.717) is 0 Å². The highest BCUT2D eigenvalue weighted by molar-refractivity contribution is 5.73. The number of piperazine rings is 1. The highest BCUT2D eigenvalue weighted by Gasteiger charge is 2.38. The summed E-state index contributed by atoms with van der Waals surface area (Å²) in [6, 6.07) is 3.87. The van der Waals surface area contributed by atoms with Crippen LogP contribution >= 0.6 is 0 Å². The lowest BCUT2D eigenvalue weighted by atomic mass is 10.3. The smallest absolute Gasteiger partial charge is 0.475 e. The summed E-state index contributed by atoms with van der Waals surface area (Å²) < 4.78 is 31.7. The third-order valence-corrected chi connectivity index (χ3v) is 3.45. The minimum absolute atomic E-state index is 0.770. The van der Waals surface area contributed by atoms with Gasteiger partial charge in [0.05, 0.1) is 0 Å². The molecular formula is C15H20F3N7O2. The molecule has 4 N–H and O–H groups in total. The standard InChI is InChI=1S/C13H19N7.C2HF3O2/c1-9-7-11(16-12-8-10(2)18-19-12)17-13(15-9)20-5-3-14-4-6-20;3-2(4,5)1(6)7/h7-8,14H,3-6H2,1-2H3,(H2,15,16,17,18,19);(H,6,7). The molecule has 0 saturated carbocycles. The van der Waals surface area contributed by atoms with Crippen LogP contribution in [0.5, 0.6) is 0 Å². The molecule has 1 saturated heterocycles. The number of hydrogen-bond acceptors (Lipinski definition) is 7. The van der Waals surface area contributed by atoms with E-state index in [0.717, 1.165) is 55.2 Å². The third-order valence-electron chi connectivity index (χ3n) is 3.45. The van der Waals surface area contributed by atoms with Crippen molar-refractivity contribution in [2.24, 2.45) is 0 Å². The summed E-state index contributed by atoms with van der Waals surface area (Å²) in [7, 11) is 0. The molecule has 0 spiro atoms. The number of hydrogen-bond donors (Lipinski definition) is 4. The molecule has 0 unspecified atom stereocenters. The lowest BCUT2D eigenvalue weighted by Crippen LogP contribution is -2.44. The molecule has 148 valence electrons. The highest BCUT2D eigenvalue weighted by Crippen LogP contribution is 2.18. The number of aliphatic carboxylic acids is 1. The maximum atomic E-state index is 10.6. The second kappa shape index (κ2) is 8.66. The van der Waals surface area contributed by atoms with Crippen molar-refractivity contribution in [2.45, 2.75) is 20.0 Å². The van der Waals surface area contributed by atoms with E-state index in [4.69, 9.17) is 9.90 Å². The van der Waals surface area contributed by atoms with Crippen molar-refractivity contribution >= 4 is 23.6 Å². The van der Waals surface area contributed by atoms with Crippen molar-refractivity contribution in [1.29, 1.82) is 0 Å². The summed E-state index contributed by atoms with van der Waals surface area (Å²) in [5, 5.41) is 20.7. The summed E-state index contributed by atoms with van der Waals surface area (Å²) in [5.74, 6) is -0.432. The molecule has 1 aliphatic rings. The van der Waals surface area contributed by atoms with Crippen molar-refractivity contribution in [3.05, 3.63) is 23.5 Å². The largest absolute Gasteiger partial charge is 0.490 e. The number of carbonyl (C=O) groups is 1. The van der Waals surface area contributed by atoms with Crippen LogP contribution in [0.25, 0.3) is 0 Å². The molecule has 9 nitrogen and oxygen atoms in total. The van der Waals surface area contributed by atoms with Gasteiger partial charge in [-0.05, 0) is 13.8 Å². The average Bonchev–Trinajstić information content (AvgIpc) is 2.99. The quantitative estimate of drug-likeness (QED) is 0.627. The maximum Gasteiger partial charge on any atom is 0.490 e. The Bertz CT molecular complexity index is 773. The number of aromatic amines is 1. The molecule has 3 rings (SSSR count). The second-order valence-electron chi connectivity index (χ2n) is 5.80. The number of carboxylic acid groups (broad SMARTS) is 1. The van der Waals surface area contributed by atoms with Gasteiger partial charge in [-0.1, -0.05) is 0 Å². The molecule has 2 aromatic rings. The number of rotatable bonds is 3. The van der Waals surface area contributed by atoms with Gasteiger partial charge in [-0.2, -0.15) is 23.3 Å². The Balaban J connectivity index is 0.000000321. The van der Waals surface area contributed by atoms with Gasteiger partial charge in [-0.15, -0.1) is 0 Å². The van der Waals surface area contributed by atoms with Gasteiger partial charge in [0.1, 0.15) is 5.82 Å². The Kier molecular flexibility index (Phi) is 6.55. The fourth-order valence-corrected chi connectivity index (χ4v) is 2.24. The van der Waals surface area contributed by atoms with Crippen LogP contribution in [0.2, 0.25) is 0 Å². The van der Waals surface area contributed by atoms with E-state index in [1.54, 1.807) is 0 Å². The van der Waals surface area contributed by atoms with Crippen LogP contribution < -0.4 is 15.5 Å². The summed E-state index contributed by atoms with van der Waals surface area (Å²) in [4.78, 5) is 20.2. The van der Waals surface area contributed by atoms with E-state index in [1.165, 1.54) is 0 Å². The van der Waals surface area contributed by atoms with Gasteiger partial charge in [0.25, 0.3) is 0 Å². The van der Waals surface area contributed by atoms with E-state index in [2.05, 4.69) is 35.7 Å². The van der Waals surface area contributed by atoms with Gasteiger partial charge >= 0.3 is 12.1 Å². The molecule has 0 radical (unpaired) electrons. The van der Waals surface area contributed by atoms with Crippen LogP contribution in [-0.2, 0) is 4.79 Å². The predicted molar refractivity (Wildman–Crippen MR) is 92.1 cm³/mol. The van der Waals surface area contributed by atoms with E-state index in [9.17, 15) is 13.2 Å². The van der Waals surface area contributed by atoms with Crippen LogP contribution in [0.3, 0.4) is 0 Å². The van der Waals surface area contributed by atoms with Crippen LogP contribution in [0.1, 0.15) is 11.4 Å². The highest BCUT2D eigenvalue weighted by atomic mass is 19.4. The second-order valence-corrected chi connectivity index (χ2v) is 5.80. The number of carboxylic acids is 1. The number of alkyl halides is 3. The number of H-pyrrole nitrogens is 1. The molecule has 1 aliphatic heterocycles. The van der Waals surface area contributed by atoms with Crippen molar-refractivity contribution < 1.29 is 23.1 Å². The lowest BCUT2D eigenvalue weighted by molar-refractivity contribution is -0.192. The Labute approximate surface area is 153 Å². The first kappa shape index (κ1) is 20.4. The molecule has 1 fully saturated rings. The van der Waals surface area contributed by atoms with Gasteiger partial charge in [0.2, 0.25) is 5.95 Å². The minimum Gasteiger partial charge on any atom is -0.475 e. The van der Waals surface area contributed by atoms with Crippen molar-refractivity contribution in [2.75, 3.05) is 36.4 Å². The molecule has 3 heterocycles.